The number of anilines is 2. The highest BCUT2D eigenvalue weighted by Gasteiger charge is 2.17. The van der Waals surface area contributed by atoms with E-state index in [1.807, 2.05) is 30.3 Å². The number of H-pyrrole nitrogens is 2. The van der Waals surface area contributed by atoms with Gasteiger partial charge in [-0.1, -0.05) is 0 Å². The Labute approximate surface area is 126 Å². The second-order valence-corrected chi connectivity index (χ2v) is 5.14. The van der Waals surface area contributed by atoms with Crippen LogP contribution in [0.5, 0.6) is 5.75 Å². The minimum atomic E-state index is -0.228. The number of methoxy groups -OCH3 is 1. The molecular weight excluding hydrogens is 281 g/mol. The van der Waals surface area contributed by atoms with Gasteiger partial charge in [0.2, 0.25) is 0 Å². The van der Waals surface area contributed by atoms with Crippen molar-refractivity contribution in [2.24, 2.45) is 0 Å². The monoisotopic (exact) mass is 295 g/mol. The molecule has 2 aromatic rings. The standard InChI is InChI=1S/C17H14FN3O/c1-22-13-5-3-12(4-6-13)19-17-15-9-10-8-11(18)2-7-14(10)16(15)20-21-17/h2-9,19-21H,1H3. The smallest absolute Gasteiger partial charge is 0.132 e. The molecular formula is C17H14FN3O. The van der Waals surface area contributed by atoms with Crippen molar-refractivity contribution in [1.82, 2.24) is 10.2 Å². The Kier molecular flexibility index (Phi) is 2.79. The minimum absolute atomic E-state index is 0.228. The molecule has 22 heavy (non-hydrogen) atoms. The second kappa shape index (κ2) is 4.80. The zero-order valence-corrected chi connectivity index (χ0v) is 11.9. The third-order valence-electron chi connectivity index (χ3n) is 3.79. The summed E-state index contributed by atoms with van der Waals surface area (Å²) < 4.78 is 18.5. The highest BCUT2D eigenvalue weighted by molar-refractivity contribution is 6.04. The number of aromatic amines is 2. The summed E-state index contributed by atoms with van der Waals surface area (Å²) in [6.07, 6.45) is 0. The molecule has 4 rings (SSSR count). The Morgan fingerprint density at radius 1 is 1.00 bits per heavy atom. The summed E-state index contributed by atoms with van der Waals surface area (Å²) in [6.45, 7) is 0. The fourth-order valence-corrected chi connectivity index (χ4v) is 2.69. The van der Waals surface area contributed by atoms with Gasteiger partial charge in [-0.25, -0.2) is 4.39 Å². The molecule has 0 aromatic heterocycles. The van der Waals surface area contributed by atoms with Gasteiger partial charge in [-0.2, -0.15) is 0 Å². The summed E-state index contributed by atoms with van der Waals surface area (Å²) in [4.78, 5) is 0. The Bertz CT molecular complexity index is 908. The Hall–Kier alpha value is -2.95. The number of halogens is 1. The first-order chi connectivity index (χ1) is 10.7. The average Bonchev–Trinajstić information content (AvgIpc) is 3.07. The van der Waals surface area contributed by atoms with E-state index in [9.17, 15) is 4.39 Å². The van der Waals surface area contributed by atoms with Gasteiger partial charge < -0.3 is 10.1 Å². The van der Waals surface area contributed by atoms with Gasteiger partial charge in [0.25, 0.3) is 0 Å². The van der Waals surface area contributed by atoms with Crippen molar-refractivity contribution in [3.8, 4) is 17.0 Å². The molecule has 0 fully saturated rings. The quantitative estimate of drug-likeness (QED) is 0.521. The van der Waals surface area contributed by atoms with Crippen LogP contribution < -0.4 is 10.1 Å². The van der Waals surface area contributed by atoms with Gasteiger partial charge in [0.1, 0.15) is 17.4 Å². The summed E-state index contributed by atoms with van der Waals surface area (Å²) in [6, 6.07) is 14.4. The molecule has 1 aliphatic carbocycles. The van der Waals surface area contributed by atoms with Gasteiger partial charge in [0.15, 0.2) is 0 Å². The molecule has 0 saturated carbocycles. The van der Waals surface area contributed by atoms with Crippen LogP contribution in [-0.4, -0.2) is 17.3 Å². The summed E-state index contributed by atoms with van der Waals surface area (Å²) in [5.41, 5.74) is 2.90. The first kappa shape index (κ1) is 12.8. The van der Waals surface area contributed by atoms with Crippen LogP contribution in [0.1, 0.15) is 0 Å². The van der Waals surface area contributed by atoms with Crippen LogP contribution in [0, 0.1) is 5.82 Å². The zero-order chi connectivity index (χ0) is 15.1. The summed E-state index contributed by atoms with van der Waals surface area (Å²) in [7, 11) is 1.64. The number of rotatable bonds is 3. The summed E-state index contributed by atoms with van der Waals surface area (Å²) >= 11 is 0. The highest BCUT2D eigenvalue weighted by atomic mass is 19.1. The van der Waals surface area contributed by atoms with Crippen LogP contribution in [0.25, 0.3) is 22.0 Å². The number of benzene rings is 2. The third-order valence-corrected chi connectivity index (χ3v) is 3.79. The van der Waals surface area contributed by atoms with Gasteiger partial charge in [-0.05, 0) is 53.9 Å². The van der Waals surface area contributed by atoms with E-state index < -0.39 is 0 Å². The van der Waals surface area contributed by atoms with Crippen molar-refractivity contribution in [2.75, 3.05) is 12.4 Å². The Morgan fingerprint density at radius 2 is 1.82 bits per heavy atom. The summed E-state index contributed by atoms with van der Waals surface area (Å²) in [5, 5.41) is 11.5. The molecule has 2 aromatic carbocycles. The van der Waals surface area contributed by atoms with E-state index in [-0.39, 0.29) is 5.82 Å². The van der Waals surface area contributed by atoms with E-state index in [0.717, 1.165) is 39.3 Å². The van der Waals surface area contributed by atoms with Gasteiger partial charge in [0.05, 0.1) is 12.8 Å². The van der Waals surface area contributed by atoms with Crippen LogP contribution in [0.15, 0.2) is 48.5 Å². The van der Waals surface area contributed by atoms with Crippen molar-refractivity contribution in [3.05, 3.63) is 54.3 Å². The van der Waals surface area contributed by atoms with Gasteiger partial charge >= 0.3 is 0 Å². The lowest BCUT2D eigenvalue weighted by Gasteiger charge is -2.05. The number of hydrogen-bond acceptors (Lipinski definition) is 2. The van der Waals surface area contributed by atoms with Crippen molar-refractivity contribution in [2.45, 2.75) is 0 Å². The van der Waals surface area contributed by atoms with E-state index in [2.05, 4.69) is 15.5 Å². The van der Waals surface area contributed by atoms with E-state index in [4.69, 9.17) is 4.74 Å². The van der Waals surface area contributed by atoms with Crippen LogP contribution in [-0.2, 0) is 0 Å². The van der Waals surface area contributed by atoms with Gasteiger partial charge in [-0.3, -0.25) is 10.2 Å². The van der Waals surface area contributed by atoms with Crippen molar-refractivity contribution >= 4 is 22.3 Å². The number of hydrogen-bond donors (Lipinski definition) is 3. The molecule has 1 aliphatic heterocycles. The molecule has 0 spiro atoms. The number of ether oxygens (including phenoxy) is 1. The molecule has 0 atom stereocenters. The lowest BCUT2D eigenvalue weighted by Crippen LogP contribution is -1.91. The maximum absolute atomic E-state index is 13.3. The van der Waals surface area contributed by atoms with Gasteiger partial charge in [0, 0.05) is 16.6 Å². The van der Waals surface area contributed by atoms with Crippen LogP contribution in [0.4, 0.5) is 15.9 Å². The molecule has 0 bridgehead atoms. The first-order valence-corrected chi connectivity index (χ1v) is 6.94. The molecule has 2 aliphatic rings. The minimum Gasteiger partial charge on any atom is -0.497 e. The largest absolute Gasteiger partial charge is 0.497 e. The SMILES string of the molecule is COc1ccc(Nc2[nH][nH]c3c4ccc(F)cc4cc2-3)cc1. The Morgan fingerprint density at radius 3 is 2.59 bits per heavy atom. The molecule has 0 radical (unpaired) electrons. The zero-order valence-electron chi connectivity index (χ0n) is 11.9. The topological polar surface area (TPSA) is 52.8 Å². The molecule has 1 heterocycles. The molecule has 5 heteroatoms. The number of fused-ring (bicyclic) bond motifs is 3. The lowest BCUT2D eigenvalue weighted by molar-refractivity contribution is 0.415. The predicted molar refractivity (Wildman–Crippen MR) is 85.5 cm³/mol. The summed E-state index contributed by atoms with van der Waals surface area (Å²) in [5.74, 6) is 1.42. The molecule has 0 amide bonds. The maximum atomic E-state index is 13.3. The normalized spacial score (nSPS) is 11.2. The van der Waals surface area contributed by atoms with Gasteiger partial charge in [-0.15, -0.1) is 0 Å². The number of aromatic nitrogens is 2. The third kappa shape index (κ3) is 1.98. The van der Waals surface area contributed by atoms with E-state index in [1.54, 1.807) is 19.2 Å². The highest BCUT2D eigenvalue weighted by Crippen LogP contribution is 2.38. The Balaban J connectivity index is 1.72. The average molecular weight is 295 g/mol. The van der Waals surface area contributed by atoms with Crippen LogP contribution in [0.3, 0.4) is 0 Å². The van der Waals surface area contributed by atoms with Crippen LogP contribution >= 0.6 is 0 Å². The van der Waals surface area contributed by atoms with E-state index >= 15 is 0 Å². The first-order valence-electron chi connectivity index (χ1n) is 6.94. The van der Waals surface area contributed by atoms with Crippen molar-refractivity contribution < 1.29 is 9.13 Å². The molecule has 110 valence electrons. The molecule has 3 N–H and O–H groups in total. The maximum Gasteiger partial charge on any atom is 0.132 e. The van der Waals surface area contributed by atoms with Crippen LogP contribution in [0.2, 0.25) is 0 Å². The molecule has 0 saturated heterocycles. The van der Waals surface area contributed by atoms with E-state index in [1.165, 1.54) is 6.07 Å². The molecule has 4 nitrogen and oxygen atoms in total. The lowest BCUT2D eigenvalue weighted by atomic mass is 10.2. The van der Waals surface area contributed by atoms with E-state index in [0.29, 0.717) is 0 Å². The molecule has 0 unspecified atom stereocenters. The van der Waals surface area contributed by atoms with Crippen molar-refractivity contribution in [1.29, 1.82) is 0 Å². The second-order valence-electron chi connectivity index (χ2n) is 5.14. The van der Waals surface area contributed by atoms with Crippen molar-refractivity contribution in [3.63, 3.8) is 0 Å². The fourth-order valence-electron chi connectivity index (χ4n) is 2.69. The predicted octanol–water partition coefficient (Wildman–Crippen LogP) is 4.49. The number of nitrogens with one attached hydrogen (secondary N) is 3. The fraction of sp³-hybridized carbons (Fsp3) is 0.0588.